The molecule has 2 aromatic heterocycles. The normalized spacial score (nSPS) is 13.5. The summed E-state index contributed by atoms with van der Waals surface area (Å²) < 4.78 is 5.30. The van der Waals surface area contributed by atoms with E-state index in [4.69, 9.17) is 10.3 Å². The van der Waals surface area contributed by atoms with Crippen molar-refractivity contribution in [3.8, 4) is 11.4 Å². The zero-order valence-corrected chi connectivity index (χ0v) is 11.8. The molecule has 0 saturated carbocycles. The highest BCUT2D eigenvalue weighted by Gasteiger charge is 2.28. The van der Waals surface area contributed by atoms with Crippen molar-refractivity contribution in [1.82, 2.24) is 15.1 Å². The monoisotopic (exact) mass is 260 g/mol. The van der Waals surface area contributed by atoms with Crippen molar-refractivity contribution < 1.29 is 4.52 Å². The zero-order chi connectivity index (χ0) is 14.0. The summed E-state index contributed by atoms with van der Waals surface area (Å²) in [6, 6.07) is 1.62. The molecule has 0 saturated heterocycles. The van der Waals surface area contributed by atoms with Crippen LogP contribution in [0.4, 0.5) is 0 Å². The van der Waals surface area contributed by atoms with E-state index in [1.165, 1.54) is 0 Å². The Balaban J connectivity index is 2.36. The summed E-state index contributed by atoms with van der Waals surface area (Å²) >= 11 is 0. The van der Waals surface area contributed by atoms with Gasteiger partial charge in [0.05, 0.1) is 6.04 Å². The molecule has 19 heavy (non-hydrogen) atoms. The maximum atomic E-state index is 6.13. The van der Waals surface area contributed by atoms with Gasteiger partial charge >= 0.3 is 0 Å². The third-order valence-corrected chi connectivity index (χ3v) is 3.17. The van der Waals surface area contributed by atoms with Crippen LogP contribution in [0.3, 0.4) is 0 Å². The van der Waals surface area contributed by atoms with Gasteiger partial charge in [-0.15, -0.1) is 0 Å². The van der Waals surface area contributed by atoms with Crippen LogP contribution in [0.2, 0.25) is 0 Å². The fourth-order valence-electron chi connectivity index (χ4n) is 1.77. The number of aromatic nitrogens is 3. The molecule has 2 rings (SSSR count). The number of nitrogens with zero attached hydrogens (tertiary/aromatic N) is 3. The summed E-state index contributed by atoms with van der Waals surface area (Å²) in [5.74, 6) is 1.05. The van der Waals surface area contributed by atoms with Crippen molar-refractivity contribution in [2.24, 2.45) is 11.1 Å². The van der Waals surface area contributed by atoms with Crippen LogP contribution < -0.4 is 5.73 Å². The van der Waals surface area contributed by atoms with Crippen molar-refractivity contribution in [2.75, 3.05) is 0 Å². The molecular formula is C14H20N4O. The lowest BCUT2D eigenvalue weighted by atomic mass is 9.87. The predicted octanol–water partition coefficient (Wildman–Crippen LogP) is 2.74. The topological polar surface area (TPSA) is 77.8 Å². The average molecular weight is 260 g/mol. The molecule has 2 N–H and O–H groups in total. The van der Waals surface area contributed by atoms with Crippen molar-refractivity contribution >= 4 is 0 Å². The first kappa shape index (κ1) is 13.7. The van der Waals surface area contributed by atoms with Crippen LogP contribution >= 0.6 is 0 Å². The van der Waals surface area contributed by atoms with Crippen LogP contribution in [0.15, 0.2) is 23.0 Å². The number of nitrogens with two attached hydrogens (primary N) is 1. The van der Waals surface area contributed by atoms with Crippen LogP contribution in [-0.2, 0) is 6.42 Å². The van der Waals surface area contributed by atoms with Gasteiger partial charge in [-0.1, -0.05) is 32.9 Å². The van der Waals surface area contributed by atoms with E-state index in [0.29, 0.717) is 11.7 Å². The third kappa shape index (κ3) is 2.81. The molecule has 0 fully saturated rings. The Morgan fingerprint density at radius 1 is 1.37 bits per heavy atom. The van der Waals surface area contributed by atoms with Gasteiger partial charge in [0, 0.05) is 18.0 Å². The third-order valence-electron chi connectivity index (χ3n) is 3.17. The number of pyridine rings is 1. The zero-order valence-electron chi connectivity index (χ0n) is 11.8. The molecule has 102 valence electrons. The van der Waals surface area contributed by atoms with Gasteiger partial charge in [0.1, 0.15) is 0 Å². The second-order valence-electron chi connectivity index (χ2n) is 5.69. The minimum atomic E-state index is -0.277. The highest BCUT2D eigenvalue weighted by molar-refractivity contribution is 5.58. The molecule has 0 radical (unpaired) electrons. The smallest absolute Gasteiger partial charge is 0.244 e. The van der Waals surface area contributed by atoms with E-state index < -0.39 is 0 Å². The molecule has 2 aromatic rings. The first-order valence-electron chi connectivity index (χ1n) is 6.46. The molecule has 5 nitrogen and oxygen atoms in total. The molecular weight excluding hydrogens is 240 g/mol. The Bertz CT molecular complexity index is 557. The van der Waals surface area contributed by atoms with Crippen molar-refractivity contribution in [1.29, 1.82) is 0 Å². The molecule has 0 aliphatic rings. The maximum absolute atomic E-state index is 6.13. The van der Waals surface area contributed by atoms with E-state index in [9.17, 15) is 0 Å². The lowest BCUT2D eigenvalue weighted by molar-refractivity contribution is 0.253. The Labute approximate surface area is 113 Å². The minimum absolute atomic E-state index is 0.115. The van der Waals surface area contributed by atoms with Crippen LogP contribution in [-0.4, -0.2) is 15.1 Å². The Morgan fingerprint density at radius 3 is 2.74 bits per heavy atom. The van der Waals surface area contributed by atoms with Crippen molar-refractivity contribution in [2.45, 2.75) is 40.2 Å². The van der Waals surface area contributed by atoms with Crippen molar-refractivity contribution in [3.63, 3.8) is 0 Å². The van der Waals surface area contributed by atoms with E-state index in [0.717, 1.165) is 17.5 Å². The van der Waals surface area contributed by atoms with E-state index in [1.54, 1.807) is 6.20 Å². The molecule has 0 amide bonds. The van der Waals surface area contributed by atoms with Gasteiger partial charge in [-0.2, -0.15) is 4.98 Å². The van der Waals surface area contributed by atoms with E-state index in [1.807, 2.05) is 33.0 Å². The number of hydrogen-bond acceptors (Lipinski definition) is 5. The fraction of sp³-hybridized carbons (Fsp3) is 0.500. The summed E-state index contributed by atoms with van der Waals surface area (Å²) in [5.41, 5.74) is 8.06. The second-order valence-corrected chi connectivity index (χ2v) is 5.69. The summed E-state index contributed by atoms with van der Waals surface area (Å²) in [7, 11) is 0. The van der Waals surface area contributed by atoms with Gasteiger partial charge in [-0.05, 0) is 23.5 Å². The Hall–Kier alpha value is -1.75. The first-order chi connectivity index (χ1) is 8.93. The quantitative estimate of drug-likeness (QED) is 0.918. The summed E-state index contributed by atoms with van der Waals surface area (Å²) in [4.78, 5) is 8.54. The maximum Gasteiger partial charge on any atom is 0.244 e. The van der Waals surface area contributed by atoms with Gasteiger partial charge in [-0.3, -0.25) is 4.98 Å². The number of aryl methyl sites for hydroxylation is 1. The van der Waals surface area contributed by atoms with Crippen LogP contribution in [0, 0.1) is 5.41 Å². The standard InChI is InChI=1S/C14H20N4O/c1-5-9-8-16-7-6-10(9)12-17-13(19-18-12)11(15)14(2,3)4/h6-8,11H,5,15H2,1-4H3/t11-/m0/s1. The van der Waals surface area contributed by atoms with Gasteiger partial charge in [-0.25, -0.2) is 0 Å². The van der Waals surface area contributed by atoms with Gasteiger partial charge < -0.3 is 10.3 Å². The van der Waals surface area contributed by atoms with Crippen LogP contribution in [0.1, 0.15) is 45.2 Å². The molecule has 0 aliphatic carbocycles. The summed E-state index contributed by atoms with van der Waals surface area (Å²) in [6.07, 6.45) is 4.43. The van der Waals surface area contributed by atoms with E-state index in [-0.39, 0.29) is 11.5 Å². The van der Waals surface area contributed by atoms with Crippen LogP contribution in [0.5, 0.6) is 0 Å². The number of hydrogen-bond donors (Lipinski definition) is 1. The molecule has 0 spiro atoms. The highest BCUT2D eigenvalue weighted by Crippen LogP contribution is 2.30. The van der Waals surface area contributed by atoms with Gasteiger partial charge in [0.25, 0.3) is 0 Å². The second kappa shape index (κ2) is 5.09. The van der Waals surface area contributed by atoms with Gasteiger partial charge in [0.2, 0.25) is 11.7 Å². The number of rotatable bonds is 3. The first-order valence-corrected chi connectivity index (χ1v) is 6.46. The average Bonchev–Trinajstić information content (AvgIpc) is 2.86. The molecule has 1 atom stereocenters. The lowest BCUT2D eigenvalue weighted by Crippen LogP contribution is -2.26. The Kier molecular flexibility index (Phi) is 3.66. The molecule has 0 aromatic carbocycles. The van der Waals surface area contributed by atoms with Crippen LogP contribution in [0.25, 0.3) is 11.4 Å². The summed E-state index contributed by atoms with van der Waals surface area (Å²) in [5, 5.41) is 4.04. The summed E-state index contributed by atoms with van der Waals surface area (Å²) in [6.45, 7) is 8.21. The molecule has 5 heteroatoms. The molecule has 0 aliphatic heterocycles. The largest absolute Gasteiger partial charge is 0.337 e. The SMILES string of the molecule is CCc1cnccc1-c1noc([C@H](N)C(C)(C)C)n1. The minimum Gasteiger partial charge on any atom is -0.337 e. The highest BCUT2D eigenvalue weighted by atomic mass is 16.5. The lowest BCUT2D eigenvalue weighted by Gasteiger charge is -2.23. The van der Waals surface area contributed by atoms with E-state index in [2.05, 4.69) is 22.0 Å². The van der Waals surface area contributed by atoms with Crippen molar-refractivity contribution in [3.05, 3.63) is 29.9 Å². The van der Waals surface area contributed by atoms with Gasteiger partial charge in [0.15, 0.2) is 0 Å². The Morgan fingerprint density at radius 2 is 2.11 bits per heavy atom. The predicted molar refractivity (Wildman–Crippen MR) is 73.3 cm³/mol. The fourth-order valence-corrected chi connectivity index (χ4v) is 1.77. The molecule has 2 heterocycles. The van der Waals surface area contributed by atoms with E-state index >= 15 is 0 Å². The molecule has 0 bridgehead atoms. The molecule has 0 unspecified atom stereocenters.